The summed E-state index contributed by atoms with van der Waals surface area (Å²) in [6.07, 6.45) is 0. The molecule has 0 aliphatic heterocycles. The molecule has 0 aromatic rings. The van der Waals surface area contributed by atoms with Crippen molar-refractivity contribution >= 4 is 39.0 Å². The molecule has 0 spiro atoms. The molecule has 0 aliphatic rings. The number of nitrogens with two attached hydrogens (primary N) is 1. The van der Waals surface area contributed by atoms with Crippen LogP contribution in [0.3, 0.4) is 0 Å². The fraction of sp³-hybridized carbons (Fsp3) is 0.625. The van der Waals surface area contributed by atoms with E-state index >= 15 is 0 Å². The number of rotatable bonds is 7. The highest BCUT2D eigenvalue weighted by atomic mass is 32.2. The SMILES string of the molecule is CCNS(=O)(=O)CCNC(=O)C(=O)NCC(N)=S. The number of nitrogens with one attached hydrogen (secondary N) is 3. The Bertz CT molecular complexity index is 421. The van der Waals surface area contributed by atoms with Crippen LogP contribution in [0, 0.1) is 0 Å². The first-order valence-electron chi connectivity index (χ1n) is 5.10. The maximum atomic E-state index is 11.2. The molecule has 0 aromatic heterocycles. The second-order valence-electron chi connectivity index (χ2n) is 3.22. The molecule has 0 saturated heterocycles. The fourth-order valence-electron chi connectivity index (χ4n) is 0.919. The van der Waals surface area contributed by atoms with Crippen molar-refractivity contribution in [2.75, 3.05) is 25.4 Å². The Labute approximate surface area is 111 Å². The van der Waals surface area contributed by atoms with Gasteiger partial charge in [-0.2, -0.15) is 0 Å². The van der Waals surface area contributed by atoms with Gasteiger partial charge in [0.05, 0.1) is 17.3 Å². The molecule has 0 heterocycles. The second kappa shape index (κ2) is 7.95. The van der Waals surface area contributed by atoms with E-state index in [9.17, 15) is 18.0 Å². The molecule has 0 unspecified atom stereocenters. The van der Waals surface area contributed by atoms with Crippen molar-refractivity contribution in [3.8, 4) is 0 Å². The first kappa shape index (κ1) is 16.7. The van der Waals surface area contributed by atoms with Gasteiger partial charge >= 0.3 is 11.8 Å². The Kier molecular flexibility index (Phi) is 7.39. The normalized spacial score (nSPS) is 10.7. The number of amides is 2. The van der Waals surface area contributed by atoms with Gasteiger partial charge in [-0.3, -0.25) is 9.59 Å². The molecule has 18 heavy (non-hydrogen) atoms. The van der Waals surface area contributed by atoms with E-state index in [0.29, 0.717) is 0 Å². The lowest BCUT2D eigenvalue weighted by Crippen LogP contribution is -2.44. The molecule has 10 heteroatoms. The van der Waals surface area contributed by atoms with Crippen molar-refractivity contribution in [2.24, 2.45) is 5.73 Å². The topological polar surface area (TPSA) is 130 Å². The largest absolute Gasteiger partial charge is 0.392 e. The lowest BCUT2D eigenvalue weighted by molar-refractivity contribution is -0.138. The Morgan fingerprint density at radius 2 is 1.78 bits per heavy atom. The third-order valence-electron chi connectivity index (χ3n) is 1.65. The first-order valence-corrected chi connectivity index (χ1v) is 7.16. The summed E-state index contributed by atoms with van der Waals surface area (Å²) in [6, 6.07) is 0. The lowest BCUT2D eigenvalue weighted by atomic mass is 10.5. The quantitative estimate of drug-likeness (QED) is 0.302. The van der Waals surface area contributed by atoms with Crippen LogP contribution < -0.4 is 21.1 Å². The zero-order chi connectivity index (χ0) is 14.2. The van der Waals surface area contributed by atoms with Gasteiger partial charge in [0, 0.05) is 13.1 Å². The molecule has 0 fully saturated rings. The maximum Gasteiger partial charge on any atom is 0.309 e. The van der Waals surface area contributed by atoms with Crippen molar-refractivity contribution in [1.29, 1.82) is 0 Å². The average Bonchev–Trinajstić information content (AvgIpc) is 2.25. The predicted octanol–water partition coefficient (Wildman–Crippen LogP) is -2.56. The average molecular weight is 296 g/mol. The molecular weight excluding hydrogens is 280 g/mol. The molecule has 0 radical (unpaired) electrons. The molecule has 0 aromatic carbocycles. The second-order valence-corrected chi connectivity index (χ2v) is 5.67. The third-order valence-corrected chi connectivity index (χ3v) is 3.26. The zero-order valence-corrected chi connectivity index (χ0v) is 11.5. The standard InChI is InChI=1S/C8H16N4O4S2/c1-2-12-18(15,16)4-3-10-7(13)8(14)11-5-6(9)17/h12H,2-5H2,1H3,(H2,9,17)(H,10,13)(H,11,14). The van der Waals surface area contributed by atoms with E-state index in [4.69, 9.17) is 5.73 Å². The number of hydrogen-bond acceptors (Lipinski definition) is 5. The molecular formula is C8H16N4O4S2. The fourth-order valence-corrected chi connectivity index (χ4v) is 1.95. The number of thiocarbonyl (C=S) groups is 1. The van der Waals surface area contributed by atoms with E-state index in [-0.39, 0.29) is 30.4 Å². The van der Waals surface area contributed by atoms with Crippen LogP contribution in [0.2, 0.25) is 0 Å². The van der Waals surface area contributed by atoms with Crippen molar-refractivity contribution < 1.29 is 18.0 Å². The number of carbonyl (C=O) groups excluding carboxylic acids is 2. The summed E-state index contributed by atoms with van der Waals surface area (Å²) in [4.78, 5) is 22.3. The molecule has 0 bridgehead atoms. The van der Waals surface area contributed by atoms with E-state index < -0.39 is 21.8 Å². The van der Waals surface area contributed by atoms with Crippen LogP contribution >= 0.6 is 12.2 Å². The van der Waals surface area contributed by atoms with Gasteiger partial charge in [-0.05, 0) is 0 Å². The van der Waals surface area contributed by atoms with Gasteiger partial charge in [0.1, 0.15) is 0 Å². The third kappa shape index (κ3) is 7.92. The van der Waals surface area contributed by atoms with Crippen LogP contribution in [0.1, 0.15) is 6.92 Å². The van der Waals surface area contributed by atoms with Crippen LogP contribution in [0.4, 0.5) is 0 Å². The monoisotopic (exact) mass is 296 g/mol. The first-order chi connectivity index (χ1) is 8.28. The molecule has 0 saturated carbocycles. The summed E-state index contributed by atoms with van der Waals surface area (Å²) in [7, 11) is -3.42. The van der Waals surface area contributed by atoms with E-state index in [1.165, 1.54) is 0 Å². The van der Waals surface area contributed by atoms with Gasteiger partial charge in [-0.25, -0.2) is 13.1 Å². The van der Waals surface area contributed by atoms with Gasteiger partial charge in [-0.1, -0.05) is 19.1 Å². The van der Waals surface area contributed by atoms with Crippen molar-refractivity contribution in [2.45, 2.75) is 6.92 Å². The van der Waals surface area contributed by atoms with Gasteiger partial charge in [0.2, 0.25) is 10.0 Å². The maximum absolute atomic E-state index is 11.2. The van der Waals surface area contributed by atoms with Gasteiger partial charge in [0.15, 0.2) is 0 Å². The minimum atomic E-state index is -3.42. The Hall–Kier alpha value is -1.26. The molecule has 2 amide bonds. The minimum absolute atomic E-state index is 0.0471. The number of sulfonamides is 1. The molecule has 0 aliphatic carbocycles. The number of carbonyl (C=O) groups is 2. The summed E-state index contributed by atoms with van der Waals surface area (Å²) in [6.45, 7) is 1.66. The smallest absolute Gasteiger partial charge is 0.309 e. The summed E-state index contributed by atoms with van der Waals surface area (Å²) in [5, 5.41) is 4.34. The van der Waals surface area contributed by atoms with E-state index in [0.717, 1.165) is 0 Å². The highest BCUT2D eigenvalue weighted by molar-refractivity contribution is 7.89. The minimum Gasteiger partial charge on any atom is -0.392 e. The Balaban J connectivity index is 3.97. The molecule has 104 valence electrons. The van der Waals surface area contributed by atoms with Crippen LogP contribution in [0.5, 0.6) is 0 Å². The molecule has 0 atom stereocenters. The van der Waals surface area contributed by atoms with Gasteiger partial charge in [0.25, 0.3) is 0 Å². The van der Waals surface area contributed by atoms with Crippen molar-refractivity contribution in [3.05, 3.63) is 0 Å². The van der Waals surface area contributed by atoms with E-state index in [1.807, 2.05) is 0 Å². The highest BCUT2D eigenvalue weighted by Gasteiger charge is 2.14. The van der Waals surface area contributed by atoms with E-state index in [2.05, 4.69) is 27.6 Å². The van der Waals surface area contributed by atoms with E-state index in [1.54, 1.807) is 6.92 Å². The Morgan fingerprint density at radius 1 is 1.22 bits per heavy atom. The van der Waals surface area contributed by atoms with Crippen LogP contribution in [0.15, 0.2) is 0 Å². The predicted molar refractivity (Wildman–Crippen MR) is 70.3 cm³/mol. The molecule has 0 rings (SSSR count). The summed E-state index contributed by atoms with van der Waals surface area (Å²) < 4.78 is 24.7. The Morgan fingerprint density at radius 3 is 2.28 bits per heavy atom. The summed E-state index contributed by atoms with van der Waals surface area (Å²) in [5.74, 6) is -2.14. The number of hydrogen-bond donors (Lipinski definition) is 4. The van der Waals surface area contributed by atoms with Gasteiger partial charge < -0.3 is 16.4 Å². The molecule has 5 N–H and O–H groups in total. The lowest BCUT2D eigenvalue weighted by Gasteiger charge is -2.06. The van der Waals surface area contributed by atoms with Crippen molar-refractivity contribution in [1.82, 2.24) is 15.4 Å². The summed E-state index contributed by atoms with van der Waals surface area (Å²) in [5.41, 5.74) is 5.13. The van der Waals surface area contributed by atoms with Crippen LogP contribution in [0.25, 0.3) is 0 Å². The zero-order valence-electron chi connectivity index (χ0n) is 9.86. The van der Waals surface area contributed by atoms with Crippen LogP contribution in [-0.4, -0.2) is 50.6 Å². The van der Waals surface area contributed by atoms with Crippen LogP contribution in [-0.2, 0) is 19.6 Å². The summed E-state index contributed by atoms with van der Waals surface area (Å²) >= 11 is 4.51. The van der Waals surface area contributed by atoms with Gasteiger partial charge in [-0.15, -0.1) is 0 Å². The van der Waals surface area contributed by atoms with Crippen molar-refractivity contribution in [3.63, 3.8) is 0 Å². The molecule has 8 nitrogen and oxygen atoms in total. The highest BCUT2D eigenvalue weighted by Crippen LogP contribution is 1.81.